The number of hydrogen-bond donors (Lipinski definition) is 1. The van der Waals surface area contributed by atoms with E-state index in [1.807, 2.05) is 0 Å². The third-order valence-corrected chi connectivity index (χ3v) is 3.59. The Balaban J connectivity index is 3.33. The Morgan fingerprint density at radius 3 is 2.00 bits per heavy atom. The zero-order valence-electron chi connectivity index (χ0n) is 16.7. The van der Waals surface area contributed by atoms with Crippen molar-refractivity contribution in [3.05, 3.63) is 10.4 Å². The topological polar surface area (TPSA) is 192 Å². The van der Waals surface area contributed by atoms with Gasteiger partial charge < -0.3 is 29.0 Å². The number of carbonyl (C=O) groups is 5. The van der Waals surface area contributed by atoms with E-state index in [4.69, 9.17) is 29.2 Å². The van der Waals surface area contributed by atoms with Crippen LogP contribution >= 0.6 is 0 Å². The van der Waals surface area contributed by atoms with Crippen LogP contribution in [0, 0.1) is 0 Å². The van der Waals surface area contributed by atoms with Crippen LogP contribution in [-0.2, 0) is 47.7 Å². The molecule has 1 N–H and O–H groups in total. The van der Waals surface area contributed by atoms with E-state index in [1.165, 1.54) is 0 Å². The molecule has 0 saturated carbocycles. The second kappa shape index (κ2) is 11.6. The van der Waals surface area contributed by atoms with Gasteiger partial charge in [-0.2, -0.15) is 0 Å². The molecule has 1 saturated heterocycles. The van der Waals surface area contributed by atoms with Crippen molar-refractivity contribution < 1.29 is 47.7 Å². The number of amides is 1. The lowest BCUT2D eigenvalue weighted by atomic mass is 9.96. The fourth-order valence-corrected chi connectivity index (χ4v) is 2.65. The van der Waals surface area contributed by atoms with Gasteiger partial charge in [-0.3, -0.25) is 24.0 Å². The normalized spacial score (nSPS) is 25.1. The van der Waals surface area contributed by atoms with Crippen molar-refractivity contribution in [2.45, 2.75) is 58.3 Å². The van der Waals surface area contributed by atoms with E-state index in [0.717, 1.165) is 27.7 Å². The van der Waals surface area contributed by atoms with E-state index < -0.39 is 73.6 Å². The van der Waals surface area contributed by atoms with Crippen LogP contribution in [0.1, 0.15) is 27.7 Å². The molecular weight excluding hydrogens is 408 g/mol. The Bertz CT molecular complexity index is 736. The highest BCUT2D eigenvalue weighted by molar-refractivity contribution is 5.79. The predicted octanol–water partition coefficient (Wildman–Crippen LogP) is -0.504. The summed E-state index contributed by atoms with van der Waals surface area (Å²) in [6, 6.07) is -1.34. The monoisotopic (exact) mass is 430 g/mol. The first kappa shape index (κ1) is 24.7. The molecule has 1 heterocycles. The van der Waals surface area contributed by atoms with Crippen LogP contribution in [0.15, 0.2) is 5.11 Å². The van der Waals surface area contributed by atoms with Gasteiger partial charge in [0.1, 0.15) is 25.3 Å². The maximum Gasteiger partial charge on any atom is 0.305 e. The van der Waals surface area contributed by atoms with E-state index in [-0.39, 0.29) is 0 Å². The summed E-state index contributed by atoms with van der Waals surface area (Å²) in [6.45, 7) is 3.32. The molecule has 0 radical (unpaired) electrons. The molecule has 1 rings (SSSR count). The van der Waals surface area contributed by atoms with Crippen molar-refractivity contribution in [3.63, 3.8) is 0 Å². The Kier molecular flexibility index (Phi) is 9.52. The summed E-state index contributed by atoms with van der Waals surface area (Å²) in [5.41, 5.74) is 8.36. The van der Waals surface area contributed by atoms with Crippen LogP contribution in [0.2, 0.25) is 0 Å². The van der Waals surface area contributed by atoms with E-state index in [2.05, 4.69) is 15.3 Å². The van der Waals surface area contributed by atoms with Gasteiger partial charge in [0.05, 0.1) is 0 Å². The van der Waals surface area contributed by atoms with Gasteiger partial charge in [0.2, 0.25) is 12.2 Å². The maximum absolute atomic E-state index is 12.1. The molecule has 1 amide bonds. The zero-order valence-corrected chi connectivity index (χ0v) is 16.7. The summed E-state index contributed by atoms with van der Waals surface area (Å²) < 4.78 is 25.9. The number of nitrogens with zero attached hydrogens (tertiary/aromatic N) is 3. The van der Waals surface area contributed by atoms with Crippen molar-refractivity contribution >= 4 is 29.8 Å². The second-order valence-corrected chi connectivity index (χ2v) is 6.09. The Hall–Kier alpha value is -3.38. The standard InChI is InChI=1S/C16H22N4O10/c1-7(21)26-6-11-14(27-8(2)22)15(28-9(3)23)13(16(30-11)29-10(4)24)19-12(25)5-18-20-17/h11,13-16H,5-6H2,1-4H3,(H,19,25)/t11-,13+,14+,15-,16+/m1/s1. The SMILES string of the molecule is CC(=O)OC[C@H]1O[C@H](OC(C)=O)[C@@H](NC(=O)CN=[N+]=[N-])[C@@H](OC(C)=O)[C@H]1OC(C)=O. The highest BCUT2D eigenvalue weighted by Gasteiger charge is 2.52. The summed E-state index contributed by atoms with van der Waals surface area (Å²) >= 11 is 0. The van der Waals surface area contributed by atoms with Gasteiger partial charge in [-0.15, -0.1) is 0 Å². The number of hydrogen-bond acceptors (Lipinski definition) is 11. The van der Waals surface area contributed by atoms with Gasteiger partial charge in [-0.05, 0) is 5.53 Å². The van der Waals surface area contributed by atoms with Gasteiger partial charge in [0.25, 0.3) is 0 Å². The summed E-state index contributed by atoms with van der Waals surface area (Å²) in [5.74, 6) is -3.86. The molecule has 14 heteroatoms. The summed E-state index contributed by atoms with van der Waals surface area (Å²) in [5, 5.41) is 5.48. The quantitative estimate of drug-likeness (QED) is 0.172. The maximum atomic E-state index is 12.1. The fraction of sp³-hybridized carbons (Fsp3) is 0.688. The van der Waals surface area contributed by atoms with E-state index >= 15 is 0 Å². The van der Waals surface area contributed by atoms with Crippen molar-refractivity contribution in [1.29, 1.82) is 0 Å². The molecule has 0 bridgehead atoms. The molecule has 166 valence electrons. The molecule has 14 nitrogen and oxygen atoms in total. The summed E-state index contributed by atoms with van der Waals surface area (Å²) in [4.78, 5) is 60.5. The molecule has 0 aromatic carbocycles. The zero-order chi connectivity index (χ0) is 22.8. The molecule has 0 aromatic heterocycles. The molecular formula is C16H22N4O10. The number of carbonyl (C=O) groups excluding carboxylic acids is 5. The minimum atomic E-state index is -1.51. The van der Waals surface area contributed by atoms with Crippen molar-refractivity contribution in [2.75, 3.05) is 13.2 Å². The van der Waals surface area contributed by atoms with E-state index in [0.29, 0.717) is 0 Å². The molecule has 0 aromatic rings. The van der Waals surface area contributed by atoms with Crippen molar-refractivity contribution in [1.82, 2.24) is 5.32 Å². The van der Waals surface area contributed by atoms with Crippen LogP contribution in [-0.4, -0.2) is 73.6 Å². The molecule has 0 aliphatic carbocycles. The molecule has 5 atom stereocenters. The number of esters is 4. The first-order valence-electron chi connectivity index (χ1n) is 8.65. The lowest BCUT2D eigenvalue weighted by Gasteiger charge is -2.44. The van der Waals surface area contributed by atoms with Crippen LogP contribution in [0.3, 0.4) is 0 Å². The smallest absolute Gasteiger partial charge is 0.305 e. The molecule has 1 fully saturated rings. The molecule has 1 aliphatic rings. The van der Waals surface area contributed by atoms with Crippen molar-refractivity contribution in [3.8, 4) is 0 Å². The number of nitrogens with one attached hydrogen (secondary N) is 1. The van der Waals surface area contributed by atoms with Gasteiger partial charge >= 0.3 is 23.9 Å². The Morgan fingerprint density at radius 1 is 0.933 bits per heavy atom. The Labute approximate surface area is 170 Å². The molecule has 0 unspecified atom stereocenters. The summed E-state index contributed by atoms with van der Waals surface area (Å²) in [6.07, 6.45) is -5.42. The molecule has 0 spiro atoms. The largest absolute Gasteiger partial charge is 0.463 e. The third-order valence-electron chi connectivity index (χ3n) is 3.59. The van der Waals surface area contributed by atoms with Gasteiger partial charge in [-0.1, -0.05) is 5.11 Å². The Morgan fingerprint density at radius 2 is 1.50 bits per heavy atom. The second-order valence-electron chi connectivity index (χ2n) is 6.09. The van der Waals surface area contributed by atoms with Gasteiger partial charge in [-0.25, -0.2) is 0 Å². The van der Waals surface area contributed by atoms with Crippen LogP contribution < -0.4 is 5.32 Å². The fourth-order valence-electron chi connectivity index (χ4n) is 2.65. The average molecular weight is 430 g/mol. The van der Waals surface area contributed by atoms with Crippen LogP contribution in [0.4, 0.5) is 0 Å². The summed E-state index contributed by atoms with van der Waals surface area (Å²) in [7, 11) is 0. The van der Waals surface area contributed by atoms with E-state index in [9.17, 15) is 24.0 Å². The lowest BCUT2D eigenvalue weighted by molar-refractivity contribution is -0.271. The average Bonchev–Trinajstić information content (AvgIpc) is 2.62. The highest BCUT2D eigenvalue weighted by atomic mass is 16.7. The number of ether oxygens (including phenoxy) is 5. The predicted molar refractivity (Wildman–Crippen MR) is 94.1 cm³/mol. The third kappa shape index (κ3) is 7.93. The number of azide groups is 1. The van der Waals surface area contributed by atoms with Crippen LogP contribution in [0.5, 0.6) is 0 Å². The number of rotatable bonds is 8. The highest BCUT2D eigenvalue weighted by Crippen LogP contribution is 2.28. The molecule has 1 aliphatic heterocycles. The lowest BCUT2D eigenvalue weighted by Crippen LogP contribution is -2.67. The minimum absolute atomic E-state index is 0.428. The first-order chi connectivity index (χ1) is 14.0. The van der Waals surface area contributed by atoms with Crippen molar-refractivity contribution in [2.24, 2.45) is 5.11 Å². The van der Waals surface area contributed by atoms with Crippen LogP contribution in [0.25, 0.3) is 10.4 Å². The first-order valence-corrected chi connectivity index (χ1v) is 8.65. The van der Waals surface area contributed by atoms with Gasteiger partial charge in [0, 0.05) is 32.6 Å². The van der Waals surface area contributed by atoms with E-state index in [1.54, 1.807) is 0 Å². The minimum Gasteiger partial charge on any atom is -0.463 e. The van der Waals surface area contributed by atoms with Gasteiger partial charge in [0.15, 0.2) is 12.2 Å². The molecule has 30 heavy (non-hydrogen) atoms.